The van der Waals surface area contributed by atoms with Crippen LogP contribution in [0.3, 0.4) is 0 Å². The predicted octanol–water partition coefficient (Wildman–Crippen LogP) is 3.59. The summed E-state index contributed by atoms with van der Waals surface area (Å²) < 4.78 is 0. The van der Waals surface area contributed by atoms with Crippen LogP contribution in [0.1, 0.15) is 26.7 Å². The topological polar surface area (TPSA) is 37.8 Å². The number of aromatic nitrogens is 2. The lowest BCUT2D eigenvalue weighted by Crippen LogP contribution is -2.30. The zero-order chi connectivity index (χ0) is 12.0. The number of anilines is 1. The van der Waals surface area contributed by atoms with E-state index in [1.54, 1.807) is 12.4 Å². The molecule has 16 heavy (non-hydrogen) atoms. The van der Waals surface area contributed by atoms with Gasteiger partial charge < -0.3 is 5.32 Å². The van der Waals surface area contributed by atoms with Crippen LogP contribution < -0.4 is 5.32 Å². The molecule has 0 bridgehead atoms. The molecule has 1 rings (SSSR count). The van der Waals surface area contributed by atoms with Gasteiger partial charge in [0.15, 0.2) is 0 Å². The van der Waals surface area contributed by atoms with E-state index in [9.17, 15) is 0 Å². The van der Waals surface area contributed by atoms with Gasteiger partial charge in [0.2, 0.25) is 5.95 Å². The predicted molar refractivity (Wildman–Crippen MR) is 69.3 cm³/mol. The molecule has 1 aromatic heterocycles. The summed E-state index contributed by atoms with van der Waals surface area (Å²) in [7, 11) is 0. The van der Waals surface area contributed by atoms with E-state index < -0.39 is 0 Å². The first kappa shape index (κ1) is 13.5. The van der Waals surface area contributed by atoms with Gasteiger partial charge in [-0.2, -0.15) is 0 Å². The van der Waals surface area contributed by atoms with Crippen molar-refractivity contribution in [3.05, 3.63) is 17.4 Å². The molecule has 0 fully saturated rings. The summed E-state index contributed by atoms with van der Waals surface area (Å²) >= 11 is 11.7. The Labute approximate surface area is 107 Å². The second-order valence-corrected chi connectivity index (χ2v) is 4.62. The Balaban J connectivity index is 2.58. The van der Waals surface area contributed by atoms with E-state index in [4.69, 9.17) is 23.2 Å². The van der Waals surface area contributed by atoms with Crippen molar-refractivity contribution in [2.75, 3.05) is 17.7 Å². The molecule has 1 aromatic rings. The minimum Gasteiger partial charge on any atom is -0.354 e. The number of hydrogen-bond acceptors (Lipinski definition) is 3. The summed E-state index contributed by atoms with van der Waals surface area (Å²) in [5.74, 6) is 1.24. The van der Waals surface area contributed by atoms with E-state index in [-0.39, 0.29) is 5.41 Å². The lowest BCUT2D eigenvalue weighted by atomic mass is 9.84. The van der Waals surface area contributed by atoms with Crippen LogP contribution in [-0.4, -0.2) is 22.4 Å². The summed E-state index contributed by atoms with van der Waals surface area (Å²) in [4.78, 5) is 8.17. The molecule has 0 aliphatic carbocycles. The molecule has 0 amide bonds. The zero-order valence-electron chi connectivity index (χ0n) is 9.63. The van der Waals surface area contributed by atoms with Crippen molar-refractivity contribution >= 4 is 29.2 Å². The maximum atomic E-state index is 6.01. The first-order valence-corrected chi connectivity index (χ1v) is 6.34. The van der Waals surface area contributed by atoms with Gasteiger partial charge in [0.25, 0.3) is 0 Å². The summed E-state index contributed by atoms with van der Waals surface area (Å²) in [6.07, 6.45) is 5.23. The van der Waals surface area contributed by atoms with Gasteiger partial charge >= 0.3 is 0 Å². The molecule has 0 unspecified atom stereocenters. The van der Waals surface area contributed by atoms with Gasteiger partial charge in [0.1, 0.15) is 0 Å². The minimum atomic E-state index is 0.116. The molecule has 0 aliphatic rings. The van der Waals surface area contributed by atoms with Crippen LogP contribution >= 0.6 is 23.2 Å². The summed E-state index contributed by atoms with van der Waals surface area (Å²) in [5, 5.41) is 3.74. The molecule has 5 heteroatoms. The van der Waals surface area contributed by atoms with Crippen molar-refractivity contribution < 1.29 is 0 Å². The molecular weight excluding hydrogens is 245 g/mol. The number of nitrogens with zero attached hydrogens (tertiary/aromatic N) is 2. The van der Waals surface area contributed by atoms with Crippen LogP contribution in [0.4, 0.5) is 5.95 Å². The Hall–Kier alpha value is -0.540. The van der Waals surface area contributed by atoms with Crippen molar-refractivity contribution in [2.45, 2.75) is 26.7 Å². The van der Waals surface area contributed by atoms with Gasteiger partial charge in [-0.15, -0.1) is 11.6 Å². The summed E-state index contributed by atoms with van der Waals surface area (Å²) in [5.41, 5.74) is 0.116. The van der Waals surface area contributed by atoms with Crippen molar-refractivity contribution in [3.63, 3.8) is 0 Å². The van der Waals surface area contributed by atoms with Crippen LogP contribution in [0.2, 0.25) is 5.02 Å². The van der Waals surface area contributed by atoms with E-state index in [1.807, 2.05) is 0 Å². The smallest absolute Gasteiger partial charge is 0.222 e. The summed E-state index contributed by atoms with van der Waals surface area (Å²) in [6, 6.07) is 0. The fourth-order valence-electron chi connectivity index (χ4n) is 1.41. The Morgan fingerprint density at radius 1 is 1.25 bits per heavy atom. The Morgan fingerprint density at radius 3 is 2.25 bits per heavy atom. The molecule has 1 N–H and O–H groups in total. The van der Waals surface area contributed by atoms with Crippen molar-refractivity contribution in [1.82, 2.24) is 9.97 Å². The van der Waals surface area contributed by atoms with Gasteiger partial charge in [-0.25, -0.2) is 9.97 Å². The normalized spacial score (nSPS) is 11.5. The molecular formula is C11H17Cl2N3. The summed E-state index contributed by atoms with van der Waals surface area (Å²) in [6.45, 7) is 5.08. The highest BCUT2D eigenvalue weighted by Crippen LogP contribution is 2.27. The monoisotopic (exact) mass is 261 g/mol. The average molecular weight is 262 g/mol. The SMILES string of the molecule is CCC(CC)(CCl)CNc1ncc(Cl)cn1. The van der Waals surface area contributed by atoms with E-state index in [2.05, 4.69) is 29.1 Å². The highest BCUT2D eigenvalue weighted by atomic mass is 35.5. The molecule has 0 aromatic carbocycles. The Morgan fingerprint density at radius 2 is 1.81 bits per heavy atom. The lowest BCUT2D eigenvalue weighted by Gasteiger charge is -2.29. The molecule has 90 valence electrons. The largest absolute Gasteiger partial charge is 0.354 e. The number of alkyl halides is 1. The molecule has 0 atom stereocenters. The van der Waals surface area contributed by atoms with Gasteiger partial charge in [0, 0.05) is 17.8 Å². The van der Waals surface area contributed by atoms with Gasteiger partial charge in [-0.05, 0) is 12.8 Å². The third-order valence-corrected chi connectivity index (χ3v) is 3.79. The molecule has 0 radical (unpaired) electrons. The second-order valence-electron chi connectivity index (χ2n) is 3.92. The maximum absolute atomic E-state index is 6.01. The van der Waals surface area contributed by atoms with Crippen LogP contribution in [0.25, 0.3) is 0 Å². The number of rotatable bonds is 6. The number of nitrogens with one attached hydrogen (secondary N) is 1. The van der Waals surface area contributed by atoms with E-state index in [1.165, 1.54) is 0 Å². The fourth-order valence-corrected chi connectivity index (χ4v) is 1.98. The average Bonchev–Trinajstić information content (AvgIpc) is 2.34. The van der Waals surface area contributed by atoms with Crippen LogP contribution in [0.15, 0.2) is 12.4 Å². The minimum absolute atomic E-state index is 0.116. The first-order valence-electron chi connectivity index (χ1n) is 5.43. The zero-order valence-corrected chi connectivity index (χ0v) is 11.1. The van der Waals surface area contributed by atoms with Crippen molar-refractivity contribution in [3.8, 4) is 0 Å². The molecule has 0 aliphatic heterocycles. The maximum Gasteiger partial charge on any atom is 0.222 e. The third kappa shape index (κ3) is 3.49. The molecule has 0 spiro atoms. The van der Waals surface area contributed by atoms with Gasteiger partial charge in [-0.1, -0.05) is 25.4 Å². The highest BCUT2D eigenvalue weighted by molar-refractivity contribution is 6.30. The van der Waals surface area contributed by atoms with Crippen molar-refractivity contribution in [1.29, 1.82) is 0 Å². The molecule has 1 heterocycles. The van der Waals surface area contributed by atoms with E-state index in [0.717, 1.165) is 19.4 Å². The van der Waals surface area contributed by atoms with E-state index >= 15 is 0 Å². The van der Waals surface area contributed by atoms with Crippen LogP contribution in [0, 0.1) is 5.41 Å². The van der Waals surface area contributed by atoms with Crippen molar-refractivity contribution in [2.24, 2.45) is 5.41 Å². The molecule has 0 saturated carbocycles. The van der Waals surface area contributed by atoms with Crippen LogP contribution in [-0.2, 0) is 0 Å². The fraction of sp³-hybridized carbons (Fsp3) is 0.636. The number of hydrogen-bond donors (Lipinski definition) is 1. The standard InChI is InChI=1S/C11H17Cl2N3/c1-3-11(4-2,7-12)8-16-10-14-5-9(13)6-15-10/h5-6H,3-4,7-8H2,1-2H3,(H,14,15,16). The van der Waals surface area contributed by atoms with E-state index in [0.29, 0.717) is 16.9 Å². The Bertz CT molecular complexity index is 301. The molecule has 3 nitrogen and oxygen atoms in total. The second kappa shape index (κ2) is 6.26. The highest BCUT2D eigenvalue weighted by Gasteiger charge is 2.24. The third-order valence-electron chi connectivity index (χ3n) is 3.03. The Kier molecular flexibility index (Phi) is 5.29. The number of halogens is 2. The quantitative estimate of drug-likeness (QED) is 0.796. The van der Waals surface area contributed by atoms with Gasteiger partial charge in [-0.3, -0.25) is 0 Å². The first-order chi connectivity index (χ1) is 7.65. The van der Waals surface area contributed by atoms with Gasteiger partial charge in [0.05, 0.1) is 17.4 Å². The lowest BCUT2D eigenvalue weighted by molar-refractivity contribution is 0.326. The van der Waals surface area contributed by atoms with Crippen LogP contribution in [0.5, 0.6) is 0 Å². The molecule has 0 saturated heterocycles.